The molecule has 0 aliphatic carbocycles. The summed E-state index contributed by atoms with van der Waals surface area (Å²) >= 11 is 7.13. The van der Waals surface area contributed by atoms with E-state index in [-0.39, 0.29) is 12.0 Å². The van der Waals surface area contributed by atoms with E-state index in [1.165, 1.54) is 23.9 Å². The molecule has 0 saturated heterocycles. The van der Waals surface area contributed by atoms with Crippen molar-refractivity contribution in [2.24, 2.45) is 0 Å². The van der Waals surface area contributed by atoms with Crippen LogP contribution in [0.15, 0.2) is 53.4 Å². The number of carbonyl (C=O) groups is 2. The summed E-state index contributed by atoms with van der Waals surface area (Å²) in [4.78, 5) is 22.9. The first kappa shape index (κ1) is 16.4. The van der Waals surface area contributed by atoms with Crippen LogP contribution in [0.1, 0.15) is 27.6 Å². The third-order valence-corrected chi connectivity index (χ3v) is 4.52. The Hall–Kier alpha value is -1.98. The minimum Gasteiger partial charge on any atom is -0.481 e. The second-order valence-corrected chi connectivity index (χ2v) is 6.24. The zero-order chi connectivity index (χ0) is 16.1. The van der Waals surface area contributed by atoms with Crippen molar-refractivity contribution >= 4 is 35.3 Å². The fourth-order valence-electron chi connectivity index (χ4n) is 1.98. The number of halogens is 1. The van der Waals surface area contributed by atoms with Gasteiger partial charge < -0.3 is 10.2 Å². The maximum absolute atomic E-state index is 11.3. The van der Waals surface area contributed by atoms with Crippen LogP contribution in [0.4, 0.5) is 0 Å². The first-order valence-corrected chi connectivity index (χ1v) is 7.69. The normalized spacial score (nSPS) is 11.9. The van der Waals surface area contributed by atoms with Crippen LogP contribution in [0.25, 0.3) is 0 Å². The number of carboxylic acids is 2. The van der Waals surface area contributed by atoms with Crippen molar-refractivity contribution in [1.82, 2.24) is 0 Å². The molecule has 0 aliphatic heterocycles. The highest BCUT2D eigenvalue weighted by atomic mass is 35.5. The van der Waals surface area contributed by atoms with E-state index in [1.807, 2.05) is 30.3 Å². The van der Waals surface area contributed by atoms with Gasteiger partial charge in [0.25, 0.3) is 0 Å². The van der Waals surface area contributed by atoms with Gasteiger partial charge in [-0.25, -0.2) is 4.79 Å². The van der Waals surface area contributed by atoms with Crippen LogP contribution in [0.5, 0.6) is 0 Å². The Morgan fingerprint density at radius 3 is 2.36 bits per heavy atom. The highest BCUT2D eigenvalue weighted by molar-refractivity contribution is 7.99. The van der Waals surface area contributed by atoms with Crippen molar-refractivity contribution in [2.75, 3.05) is 0 Å². The Morgan fingerprint density at radius 2 is 1.77 bits per heavy atom. The molecule has 2 aromatic rings. The van der Waals surface area contributed by atoms with Gasteiger partial charge in [0, 0.05) is 15.2 Å². The lowest BCUT2D eigenvalue weighted by Gasteiger charge is -2.16. The average Bonchev–Trinajstić information content (AvgIpc) is 2.47. The molecule has 0 bridgehead atoms. The topological polar surface area (TPSA) is 74.6 Å². The zero-order valence-corrected chi connectivity index (χ0v) is 13.0. The molecule has 0 spiro atoms. The summed E-state index contributed by atoms with van der Waals surface area (Å²) in [6.07, 6.45) is -0.111. The molecule has 0 saturated carbocycles. The average molecular weight is 337 g/mol. The summed E-state index contributed by atoms with van der Waals surface area (Å²) in [5.74, 6) is -2.01. The third-order valence-electron chi connectivity index (χ3n) is 2.97. The van der Waals surface area contributed by atoms with E-state index in [9.17, 15) is 14.7 Å². The first-order valence-electron chi connectivity index (χ1n) is 6.43. The highest BCUT2D eigenvalue weighted by Crippen LogP contribution is 2.40. The first-order chi connectivity index (χ1) is 10.5. The maximum atomic E-state index is 11.3. The van der Waals surface area contributed by atoms with Gasteiger partial charge in [-0.05, 0) is 23.8 Å². The predicted molar refractivity (Wildman–Crippen MR) is 85.7 cm³/mol. The van der Waals surface area contributed by atoms with Gasteiger partial charge in [0.15, 0.2) is 0 Å². The Morgan fingerprint density at radius 1 is 1.09 bits per heavy atom. The van der Waals surface area contributed by atoms with Gasteiger partial charge in [0.2, 0.25) is 0 Å². The third kappa shape index (κ3) is 4.26. The van der Waals surface area contributed by atoms with Crippen LogP contribution in [-0.2, 0) is 4.79 Å². The van der Waals surface area contributed by atoms with E-state index in [2.05, 4.69) is 0 Å². The van der Waals surface area contributed by atoms with Gasteiger partial charge in [-0.15, -0.1) is 11.8 Å². The van der Waals surface area contributed by atoms with Crippen molar-refractivity contribution in [3.05, 3.63) is 64.7 Å². The lowest BCUT2D eigenvalue weighted by molar-refractivity contribution is -0.137. The Kier molecular flexibility index (Phi) is 5.46. The summed E-state index contributed by atoms with van der Waals surface area (Å²) in [5, 5.41) is 18.4. The molecule has 0 amide bonds. The second-order valence-electron chi connectivity index (χ2n) is 4.56. The van der Waals surface area contributed by atoms with Crippen LogP contribution < -0.4 is 0 Å². The van der Waals surface area contributed by atoms with Crippen LogP contribution in [0.3, 0.4) is 0 Å². The smallest absolute Gasteiger partial charge is 0.336 e. The fourth-order valence-corrected chi connectivity index (χ4v) is 3.52. The molecule has 2 rings (SSSR count). The molecule has 0 aromatic heterocycles. The monoisotopic (exact) mass is 336 g/mol. The Bertz CT molecular complexity index is 688. The van der Waals surface area contributed by atoms with Crippen molar-refractivity contribution in [3.8, 4) is 0 Å². The number of aromatic carboxylic acids is 1. The molecule has 22 heavy (non-hydrogen) atoms. The molecule has 1 atom stereocenters. The highest BCUT2D eigenvalue weighted by Gasteiger charge is 2.20. The van der Waals surface area contributed by atoms with Crippen molar-refractivity contribution in [2.45, 2.75) is 16.6 Å². The van der Waals surface area contributed by atoms with E-state index in [4.69, 9.17) is 16.7 Å². The SMILES string of the molecule is O=C(O)CC(Sc1cc(Cl)ccc1C(=O)O)c1ccccc1. The second kappa shape index (κ2) is 7.33. The summed E-state index contributed by atoms with van der Waals surface area (Å²) in [7, 11) is 0. The van der Waals surface area contributed by atoms with Gasteiger partial charge in [-0.2, -0.15) is 0 Å². The van der Waals surface area contributed by atoms with E-state index >= 15 is 0 Å². The number of benzene rings is 2. The quantitative estimate of drug-likeness (QED) is 0.767. The Balaban J connectivity index is 2.37. The van der Waals surface area contributed by atoms with Crippen molar-refractivity contribution in [1.29, 1.82) is 0 Å². The molecule has 4 nitrogen and oxygen atoms in total. The van der Waals surface area contributed by atoms with Crippen LogP contribution in [0.2, 0.25) is 5.02 Å². The number of thioether (sulfide) groups is 1. The van der Waals surface area contributed by atoms with Gasteiger partial charge in [-0.3, -0.25) is 4.79 Å². The van der Waals surface area contributed by atoms with E-state index < -0.39 is 17.2 Å². The molecule has 1 unspecified atom stereocenters. The number of rotatable bonds is 6. The number of hydrogen-bond donors (Lipinski definition) is 2. The molecular formula is C16H13ClO4S. The minimum absolute atomic E-state index is 0.111. The number of hydrogen-bond acceptors (Lipinski definition) is 3. The Labute approximate surface area is 136 Å². The van der Waals surface area contributed by atoms with Gasteiger partial charge in [-0.1, -0.05) is 41.9 Å². The molecule has 2 N–H and O–H groups in total. The molecular weight excluding hydrogens is 324 g/mol. The molecule has 0 heterocycles. The predicted octanol–water partition coefficient (Wildman–Crippen LogP) is 4.35. The van der Waals surface area contributed by atoms with Gasteiger partial charge in [0.1, 0.15) is 0 Å². The van der Waals surface area contributed by atoms with Crippen LogP contribution in [0, 0.1) is 0 Å². The van der Waals surface area contributed by atoms with Gasteiger partial charge in [0.05, 0.1) is 12.0 Å². The van der Waals surface area contributed by atoms with Crippen LogP contribution in [-0.4, -0.2) is 22.2 Å². The standard InChI is InChI=1S/C16H13ClO4S/c17-11-6-7-12(16(20)21)14(8-11)22-13(9-15(18)19)10-4-2-1-3-5-10/h1-8,13H,9H2,(H,18,19)(H,20,21). The molecule has 2 aromatic carbocycles. The largest absolute Gasteiger partial charge is 0.481 e. The lowest BCUT2D eigenvalue weighted by atomic mass is 10.1. The lowest BCUT2D eigenvalue weighted by Crippen LogP contribution is -2.05. The van der Waals surface area contributed by atoms with E-state index in [0.29, 0.717) is 9.92 Å². The summed E-state index contributed by atoms with van der Waals surface area (Å²) < 4.78 is 0. The molecule has 0 radical (unpaired) electrons. The minimum atomic E-state index is -1.07. The molecule has 6 heteroatoms. The molecule has 114 valence electrons. The summed E-state index contributed by atoms with van der Waals surface area (Å²) in [6, 6.07) is 13.6. The summed E-state index contributed by atoms with van der Waals surface area (Å²) in [5.41, 5.74) is 0.937. The van der Waals surface area contributed by atoms with Crippen LogP contribution >= 0.6 is 23.4 Å². The maximum Gasteiger partial charge on any atom is 0.336 e. The molecule has 0 fully saturated rings. The molecule has 0 aliphatic rings. The zero-order valence-electron chi connectivity index (χ0n) is 11.4. The van der Waals surface area contributed by atoms with Gasteiger partial charge >= 0.3 is 11.9 Å². The van der Waals surface area contributed by atoms with E-state index in [0.717, 1.165) is 5.56 Å². The summed E-state index contributed by atoms with van der Waals surface area (Å²) in [6.45, 7) is 0. The van der Waals surface area contributed by atoms with E-state index in [1.54, 1.807) is 6.07 Å². The fraction of sp³-hybridized carbons (Fsp3) is 0.125. The van der Waals surface area contributed by atoms with Crippen molar-refractivity contribution in [3.63, 3.8) is 0 Å². The van der Waals surface area contributed by atoms with Crippen molar-refractivity contribution < 1.29 is 19.8 Å². The number of carboxylic acid groups (broad SMARTS) is 2. The number of aliphatic carboxylic acids is 1.